The molecule has 0 fully saturated rings. The Hall–Kier alpha value is -1.67. The second kappa shape index (κ2) is 8.44. The van der Waals surface area contributed by atoms with Crippen LogP contribution in [0.4, 0.5) is 5.69 Å². The standard InChI is InChI=1S/C14H18N2O2S/c1-2-8-19(18)9-4-7-14(17)16-13-6-3-5-12(10-13)11-15/h3,5-6,10H,2,4,7-9H2,1H3,(H,16,17). The summed E-state index contributed by atoms with van der Waals surface area (Å²) in [5.74, 6) is 1.16. The van der Waals surface area contributed by atoms with Crippen LogP contribution in [-0.2, 0) is 15.6 Å². The average molecular weight is 278 g/mol. The minimum absolute atomic E-state index is 0.108. The second-order valence-corrected chi connectivity index (χ2v) is 5.89. The quantitative estimate of drug-likeness (QED) is 0.832. The van der Waals surface area contributed by atoms with Gasteiger partial charge in [-0.2, -0.15) is 5.26 Å². The molecule has 0 spiro atoms. The lowest BCUT2D eigenvalue weighted by Gasteiger charge is -2.05. The van der Waals surface area contributed by atoms with Crippen LogP contribution in [0.3, 0.4) is 0 Å². The van der Waals surface area contributed by atoms with Gasteiger partial charge in [0.05, 0.1) is 11.6 Å². The summed E-state index contributed by atoms with van der Waals surface area (Å²) in [6.45, 7) is 1.99. The number of nitriles is 1. The third-order valence-electron chi connectivity index (χ3n) is 2.48. The largest absolute Gasteiger partial charge is 0.326 e. The average Bonchev–Trinajstić information content (AvgIpc) is 2.39. The fraction of sp³-hybridized carbons (Fsp3) is 0.429. The Labute approximate surface area is 116 Å². The van der Waals surface area contributed by atoms with Crippen molar-refractivity contribution in [2.75, 3.05) is 16.8 Å². The Kier molecular flexibility index (Phi) is 6.83. The van der Waals surface area contributed by atoms with Gasteiger partial charge in [0.15, 0.2) is 0 Å². The third kappa shape index (κ3) is 6.16. The smallest absolute Gasteiger partial charge is 0.224 e. The number of hydrogen-bond acceptors (Lipinski definition) is 3. The van der Waals surface area contributed by atoms with Gasteiger partial charge in [0.1, 0.15) is 0 Å². The van der Waals surface area contributed by atoms with Gasteiger partial charge in [0, 0.05) is 34.4 Å². The van der Waals surface area contributed by atoms with E-state index in [9.17, 15) is 9.00 Å². The van der Waals surface area contributed by atoms with E-state index < -0.39 is 10.8 Å². The summed E-state index contributed by atoms with van der Waals surface area (Å²) in [6.07, 6.45) is 1.88. The Morgan fingerprint density at radius 3 is 2.89 bits per heavy atom. The maximum atomic E-state index is 11.7. The van der Waals surface area contributed by atoms with E-state index in [1.54, 1.807) is 24.3 Å². The molecule has 0 saturated carbocycles. The summed E-state index contributed by atoms with van der Waals surface area (Å²) in [6, 6.07) is 8.81. The summed E-state index contributed by atoms with van der Waals surface area (Å²) in [7, 11) is -0.811. The number of nitrogens with zero attached hydrogens (tertiary/aromatic N) is 1. The lowest BCUT2D eigenvalue weighted by Crippen LogP contribution is -2.13. The second-order valence-electron chi connectivity index (χ2n) is 4.19. The van der Waals surface area contributed by atoms with Crippen LogP contribution in [0.2, 0.25) is 0 Å². The van der Waals surface area contributed by atoms with Crippen molar-refractivity contribution in [3.8, 4) is 6.07 Å². The topological polar surface area (TPSA) is 70.0 Å². The maximum Gasteiger partial charge on any atom is 0.224 e. The fourth-order valence-electron chi connectivity index (χ4n) is 1.61. The van der Waals surface area contributed by atoms with Gasteiger partial charge in [-0.05, 0) is 31.0 Å². The number of hydrogen-bond donors (Lipinski definition) is 1. The molecule has 0 aliphatic carbocycles. The Morgan fingerprint density at radius 1 is 1.42 bits per heavy atom. The summed E-state index contributed by atoms with van der Waals surface area (Å²) < 4.78 is 11.4. The molecule has 19 heavy (non-hydrogen) atoms. The Balaban J connectivity index is 2.35. The molecule has 1 aromatic carbocycles. The molecule has 1 amide bonds. The van der Waals surface area contributed by atoms with E-state index in [4.69, 9.17) is 5.26 Å². The lowest BCUT2D eigenvalue weighted by atomic mass is 10.2. The van der Waals surface area contributed by atoms with Crippen LogP contribution in [0.1, 0.15) is 31.7 Å². The van der Waals surface area contributed by atoms with E-state index in [0.29, 0.717) is 35.6 Å². The van der Waals surface area contributed by atoms with Crippen LogP contribution in [-0.4, -0.2) is 21.6 Å². The molecule has 0 aromatic heterocycles. The highest BCUT2D eigenvalue weighted by Crippen LogP contribution is 2.10. The van der Waals surface area contributed by atoms with E-state index in [1.807, 2.05) is 13.0 Å². The first kappa shape index (κ1) is 15.4. The highest BCUT2D eigenvalue weighted by molar-refractivity contribution is 7.84. The monoisotopic (exact) mass is 278 g/mol. The number of carbonyl (C=O) groups excluding carboxylic acids is 1. The van der Waals surface area contributed by atoms with Gasteiger partial charge in [-0.1, -0.05) is 13.0 Å². The van der Waals surface area contributed by atoms with Gasteiger partial charge in [-0.3, -0.25) is 9.00 Å². The Morgan fingerprint density at radius 2 is 2.21 bits per heavy atom. The highest BCUT2D eigenvalue weighted by Gasteiger charge is 2.05. The van der Waals surface area contributed by atoms with Crippen molar-refractivity contribution in [2.24, 2.45) is 0 Å². The van der Waals surface area contributed by atoms with Crippen molar-refractivity contribution in [1.82, 2.24) is 0 Å². The van der Waals surface area contributed by atoms with Gasteiger partial charge in [-0.15, -0.1) is 0 Å². The van der Waals surface area contributed by atoms with Crippen molar-refractivity contribution < 1.29 is 9.00 Å². The summed E-state index contributed by atoms with van der Waals surface area (Å²) in [5, 5.41) is 11.5. The van der Waals surface area contributed by atoms with Gasteiger partial charge in [-0.25, -0.2) is 0 Å². The molecule has 1 atom stereocenters. The number of benzene rings is 1. The molecule has 0 aliphatic heterocycles. The zero-order valence-corrected chi connectivity index (χ0v) is 11.8. The van der Waals surface area contributed by atoms with Crippen molar-refractivity contribution in [3.05, 3.63) is 29.8 Å². The van der Waals surface area contributed by atoms with Crippen LogP contribution in [0.5, 0.6) is 0 Å². The van der Waals surface area contributed by atoms with Crippen molar-refractivity contribution in [2.45, 2.75) is 26.2 Å². The van der Waals surface area contributed by atoms with E-state index >= 15 is 0 Å². The van der Waals surface area contributed by atoms with E-state index in [-0.39, 0.29) is 5.91 Å². The summed E-state index contributed by atoms with van der Waals surface area (Å²) in [4.78, 5) is 11.7. The van der Waals surface area contributed by atoms with Crippen LogP contribution < -0.4 is 5.32 Å². The fourth-order valence-corrected chi connectivity index (χ4v) is 2.74. The van der Waals surface area contributed by atoms with Crippen LogP contribution in [0.15, 0.2) is 24.3 Å². The van der Waals surface area contributed by atoms with Crippen LogP contribution >= 0.6 is 0 Å². The Bertz CT molecular complexity index is 494. The third-order valence-corrected chi connectivity index (χ3v) is 4.09. The van der Waals surface area contributed by atoms with Crippen molar-refractivity contribution in [3.63, 3.8) is 0 Å². The van der Waals surface area contributed by atoms with Crippen molar-refractivity contribution in [1.29, 1.82) is 5.26 Å². The maximum absolute atomic E-state index is 11.7. The minimum Gasteiger partial charge on any atom is -0.326 e. The molecule has 0 aliphatic rings. The molecular formula is C14H18N2O2S. The van der Waals surface area contributed by atoms with E-state index in [0.717, 1.165) is 6.42 Å². The van der Waals surface area contributed by atoms with E-state index in [1.165, 1.54) is 0 Å². The van der Waals surface area contributed by atoms with Crippen molar-refractivity contribution >= 4 is 22.4 Å². The predicted octanol–water partition coefficient (Wildman–Crippen LogP) is 2.44. The first-order chi connectivity index (χ1) is 9.15. The summed E-state index contributed by atoms with van der Waals surface area (Å²) in [5.41, 5.74) is 1.14. The predicted molar refractivity (Wildman–Crippen MR) is 77.2 cm³/mol. The number of anilines is 1. The van der Waals surface area contributed by atoms with Gasteiger partial charge in [0.25, 0.3) is 0 Å². The van der Waals surface area contributed by atoms with Crippen LogP contribution in [0.25, 0.3) is 0 Å². The molecule has 1 N–H and O–H groups in total. The number of carbonyl (C=O) groups is 1. The lowest BCUT2D eigenvalue weighted by molar-refractivity contribution is -0.116. The molecule has 4 nitrogen and oxygen atoms in total. The number of amides is 1. The molecule has 0 radical (unpaired) electrons. The number of nitrogens with one attached hydrogen (secondary N) is 1. The first-order valence-corrected chi connectivity index (χ1v) is 7.79. The van der Waals surface area contributed by atoms with E-state index in [2.05, 4.69) is 5.32 Å². The molecule has 0 heterocycles. The molecular weight excluding hydrogens is 260 g/mol. The molecule has 1 rings (SSSR count). The zero-order valence-electron chi connectivity index (χ0n) is 11.0. The number of rotatable bonds is 7. The molecule has 0 bridgehead atoms. The summed E-state index contributed by atoms with van der Waals surface area (Å²) >= 11 is 0. The normalized spacial score (nSPS) is 11.6. The first-order valence-electron chi connectivity index (χ1n) is 6.30. The molecule has 1 aromatic rings. The molecule has 0 saturated heterocycles. The van der Waals surface area contributed by atoms with Gasteiger partial charge >= 0.3 is 0 Å². The van der Waals surface area contributed by atoms with Gasteiger partial charge < -0.3 is 5.32 Å². The zero-order chi connectivity index (χ0) is 14.1. The SMILES string of the molecule is CCCS(=O)CCCC(=O)Nc1cccc(C#N)c1. The molecule has 102 valence electrons. The highest BCUT2D eigenvalue weighted by atomic mass is 32.2. The molecule has 1 unspecified atom stereocenters. The van der Waals surface area contributed by atoms with Gasteiger partial charge in [0.2, 0.25) is 5.91 Å². The minimum atomic E-state index is -0.811. The molecule has 5 heteroatoms. The van der Waals surface area contributed by atoms with Crippen LogP contribution in [0, 0.1) is 11.3 Å².